The molecule has 0 spiro atoms. The predicted octanol–water partition coefficient (Wildman–Crippen LogP) is 3.21. The number of hydrogen-bond donors (Lipinski definition) is 2. The number of primary amides is 1. The van der Waals surface area contributed by atoms with E-state index < -0.39 is 0 Å². The molecule has 0 fully saturated rings. The number of aromatic nitrogens is 3. The molecule has 0 aliphatic heterocycles. The molecule has 1 aromatic heterocycles. The number of carbonyl (C=O) groups is 2. The van der Waals surface area contributed by atoms with Crippen LogP contribution in [0.5, 0.6) is 0 Å². The standard InChI is InChI=1S/C20H29N5O2S/c1-13(2)11-25-18(10-9-17(21)26)23-24-20(25)28-12-19(27)22-16-7-5-15(6-8-16)14(3)4/h5-8,13-14H,9-12H2,1-4H3,(H2,21,26)(H,22,27). The molecule has 1 aromatic carbocycles. The lowest BCUT2D eigenvalue weighted by Gasteiger charge is -2.12. The molecule has 1 heterocycles. The van der Waals surface area contributed by atoms with E-state index in [1.54, 1.807) is 0 Å². The zero-order chi connectivity index (χ0) is 20.7. The van der Waals surface area contributed by atoms with Crippen molar-refractivity contribution < 1.29 is 9.59 Å². The SMILES string of the molecule is CC(C)Cn1c(CCC(N)=O)nnc1SCC(=O)Nc1ccc(C(C)C)cc1. The van der Waals surface area contributed by atoms with Gasteiger partial charge in [-0.1, -0.05) is 51.6 Å². The predicted molar refractivity (Wildman–Crippen MR) is 112 cm³/mol. The molecule has 28 heavy (non-hydrogen) atoms. The lowest BCUT2D eigenvalue weighted by molar-refractivity contribution is -0.118. The van der Waals surface area contributed by atoms with Crippen LogP contribution in [-0.2, 0) is 22.6 Å². The van der Waals surface area contributed by atoms with Crippen molar-refractivity contribution in [3.63, 3.8) is 0 Å². The van der Waals surface area contributed by atoms with E-state index in [2.05, 4.69) is 43.2 Å². The van der Waals surface area contributed by atoms with Crippen LogP contribution in [0.3, 0.4) is 0 Å². The van der Waals surface area contributed by atoms with Crippen LogP contribution in [0.25, 0.3) is 0 Å². The average molecular weight is 404 g/mol. The number of nitrogens with one attached hydrogen (secondary N) is 1. The van der Waals surface area contributed by atoms with Gasteiger partial charge < -0.3 is 15.6 Å². The number of hydrogen-bond acceptors (Lipinski definition) is 5. The Bertz CT molecular complexity index is 799. The van der Waals surface area contributed by atoms with Gasteiger partial charge in [0.25, 0.3) is 0 Å². The molecule has 0 radical (unpaired) electrons. The minimum absolute atomic E-state index is 0.0971. The van der Waals surface area contributed by atoms with Crippen LogP contribution in [-0.4, -0.2) is 32.3 Å². The summed E-state index contributed by atoms with van der Waals surface area (Å²) in [4.78, 5) is 23.4. The van der Waals surface area contributed by atoms with Crippen LogP contribution >= 0.6 is 11.8 Å². The summed E-state index contributed by atoms with van der Waals surface area (Å²) < 4.78 is 1.98. The highest BCUT2D eigenvalue weighted by Crippen LogP contribution is 2.21. The van der Waals surface area contributed by atoms with Crippen LogP contribution in [0, 0.1) is 5.92 Å². The van der Waals surface area contributed by atoms with Gasteiger partial charge in [-0.25, -0.2) is 0 Å². The molecule has 8 heteroatoms. The Hall–Kier alpha value is -2.35. The van der Waals surface area contributed by atoms with Crippen LogP contribution in [0.2, 0.25) is 0 Å². The van der Waals surface area contributed by atoms with Crippen molar-refractivity contribution in [2.24, 2.45) is 11.7 Å². The molecule has 0 atom stereocenters. The Labute approximate surface area is 170 Å². The molecule has 0 bridgehead atoms. The summed E-state index contributed by atoms with van der Waals surface area (Å²) in [6.45, 7) is 9.19. The highest BCUT2D eigenvalue weighted by Gasteiger charge is 2.16. The topological polar surface area (TPSA) is 103 Å². The highest BCUT2D eigenvalue weighted by atomic mass is 32.2. The van der Waals surface area contributed by atoms with Crippen LogP contribution in [0.1, 0.15) is 51.4 Å². The normalized spacial score (nSPS) is 11.2. The van der Waals surface area contributed by atoms with Gasteiger partial charge in [0, 0.05) is 25.1 Å². The van der Waals surface area contributed by atoms with E-state index in [1.807, 2.05) is 28.8 Å². The summed E-state index contributed by atoms with van der Waals surface area (Å²) in [5, 5.41) is 12.0. The van der Waals surface area contributed by atoms with E-state index >= 15 is 0 Å². The molecule has 0 aliphatic rings. The number of carbonyl (C=O) groups excluding carboxylic acids is 2. The molecule has 0 saturated heterocycles. The molecule has 0 unspecified atom stereocenters. The Morgan fingerprint density at radius 2 is 1.82 bits per heavy atom. The van der Waals surface area contributed by atoms with Gasteiger partial charge in [-0.05, 0) is 29.5 Å². The van der Waals surface area contributed by atoms with Crippen LogP contribution in [0.15, 0.2) is 29.4 Å². The maximum Gasteiger partial charge on any atom is 0.234 e. The van der Waals surface area contributed by atoms with Crippen molar-refractivity contribution in [2.75, 3.05) is 11.1 Å². The first kappa shape index (κ1) is 21.9. The van der Waals surface area contributed by atoms with Gasteiger partial charge in [0.2, 0.25) is 11.8 Å². The second kappa shape index (κ2) is 10.3. The Kier molecular flexibility index (Phi) is 8.04. The quantitative estimate of drug-likeness (QED) is 0.593. The molecular formula is C20H29N5O2S. The van der Waals surface area contributed by atoms with Crippen LogP contribution in [0.4, 0.5) is 5.69 Å². The largest absolute Gasteiger partial charge is 0.370 e. The minimum Gasteiger partial charge on any atom is -0.370 e. The molecular weight excluding hydrogens is 374 g/mol. The third kappa shape index (κ3) is 6.67. The van der Waals surface area contributed by atoms with Gasteiger partial charge >= 0.3 is 0 Å². The maximum atomic E-state index is 12.3. The van der Waals surface area contributed by atoms with Gasteiger partial charge in [0.1, 0.15) is 5.82 Å². The Morgan fingerprint density at radius 1 is 1.14 bits per heavy atom. The zero-order valence-electron chi connectivity index (χ0n) is 16.9. The molecule has 0 aliphatic carbocycles. The first-order valence-electron chi connectivity index (χ1n) is 9.49. The molecule has 152 valence electrons. The molecule has 3 N–H and O–H groups in total. The fourth-order valence-corrected chi connectivity index (χ4v) is 3.44. The molecule has 7 nitrogen and oxygen atoms in total. The summed E-state index contributed by atoms with van der Waals surface area (Å²) in [5.41, 5.74) is 7.25. The molecule has 2 aromatic rings. The number of nitrogens with zero attached hydrogens (tertiary/aromatic N) is 3. The van der Waals surface area contributed by atoms with Crippen molar-refractivity contribution >= 4 is 29.3 Å². The van der Waals surface area contributed by atoms with Crippen molar-refractivity contribution in [3.8, 4) is 0 Å². The summed E-state index contributed by atoms with van der Waals surface area (Å²) >= 11 is 1.34. The number of thioether (sulfide) groups is 1. The lowest BCUT2D eigenvalue weighted by atomic mass is 10.0. The second-order valence-electron chi connectivity index (χ2n) is 7.48. The van der Waals surface area contributed by atoms with Gasteiger partial charge in [0.05, 0.1) is 5.75 Å². The van der Waals surface area contributed by atoms with Crippen molar-refractivity contribution in [2.45, 2.75) is 58.2 Å². The highest BCUT2D eigenvalue weighted by molar-refractivity contribution is 7.99. The molecule has 2 rings (SSSR count). The number of amides is 2. The number of nitrogens with two attached hydrogens (primary N) is 1. The summed E-state index contributed by atoms with van der Waals surface area (Å²) in [5.74, 6) is 1.33. The summed E-state index contributed by atoms with van der Waals surface area (Å²) in [7, 11) is 0. The first-order valence-corrected chi connectivity index (χ1v) is 10.5. The van der Waals surface area contributed by atoms with Gasteiger partial charge in [-0.2, -0.15) is 0 Å². The monoisotopic (exact) mass is 403 g/mol. The fraction of sp³-hybridized carbons (Fsp3) is 0.500. The number of rotatable bonds is 10. The molecule has 0 saturated carbocycles. The lowest BCUT2D eigenvalue weighted by Crippen LogP contribution is -2.16. The second-order valence-corrected chi connectivity index (χ2v) is 8.43. The smallest absolute Gasteiger partial charge is 0.234 e. The number of aryl methyl sites for hydroxylation is 1. The van der Waals surface area contributed by atoms with Crippen molar-refractivity contribution in [1.29, 1.82) is 0 Å². The summed E-state index contributed by atoms with van der Waals surface area (Å²) in [6, 6.07) is 7.89. The van der Waals surface area contributed by atoms with E-state index in [-0.39, 0.29) is 24.0 Å². The van der Waals surface area contributed by atoms with Gasteiger partial charge in [-0.15, -0.1) is 10.2 Å². The third-order valence-corrected chi connectivity index (χ3v) is 5.10. The first-order chi connectivity index (χ1) is 13.3. The molecule has 2 amide bonds. The zero-order valence-corrected chi connectivity index (χ0v) is 17.8. The average Bonchev–Trinajstić information content (AvgIpc) is 2.99. The number of anilines is 1. The maximum absolute atomic E-state index is 12.3. The third-order valence-electron chi connectivity index (χ3n) is 4.13. The van der Waals surface area contributed by atoms with E-state index in [9.17, 15) is 9.59 Å². The Morgan fingerprint density at radius 3 is 2.39 bits per heavy atom. The summed E-state index contributed by atoms with van der Waals surface area (Å²) in [6.07, 6.45) is 0.678. The number of benzene rings is 1. The van der Waals surface area contributed by atoms with Crippen molar-refractivity contribution in [3.05, 3.63) is 35.7 Å². The van der Waals surface area contributed by atoms with Gasteiger partial charge in [0.15, 0.2) is 5.16 Å². The van der Waals surface area contributed by atoms with E-state index in [1.165, 1.54) is 17.3 Å². The van der Waals surface area contributed by atoms with Crippen LogP contribution < -0.4 is 11.1 Å². The van der Waals surface area contributed by atoms with E-state index in [0.717, 1.165) is 18.1 Å². The van der Waals surface area contributed by atoms with E-state index in [0.29, 0.717) is 23.4 Å². The van der Waals surface area contributed by atoms with Gasteiger partial charge in [-0.3, -0.25) is 9.59 Å². The minimum atomic E-state index is -0.365. The van der Waals surface area contributed by atoms with Crippen molar-refractivity contribution in [1.82, 2.24) is 14.8 Å². The Balaban J connectivity index is 1.98. The van der Waals surface area contributed by atoms with E-state index in [4.69, 9.17) is 5.73 Å². The fourth-order valence-electron chi connectivity index (χ4n) is 2.67.